The highest BCUT2D eigenvalue weighted by atomic mass is 32.1. The van der Waals surface area contributed by atoms with Crippen LogP contribution >= 0.6 is 34.9 Å². The quantitative estimate of drug-likeness (QED) is 0.861. The molecule has 0 saturated heterocycles. The predicted octanol–water partition coefficient (Wildman–Crippen LogP) is 3.35. The van der Waals surface area contributed by atoms with Crippen molar-refractivity contribution in [1.29, 1.82) is 0 Å². The van der Waals surface area contributed by atoms with Crippen LogP contribution in [0.4, 0.5) is 0 Å². The Morgan fingerprint density at radius 3 is 2.84 bits per heavy atom. The van der Waals surface area contributed by atoms with Crippen LogP contribution < -0.4 is 5.73 Å². The maximum Gasteiger partial charge on any atom is 0.264 e. The second-order valence-corrected chi connectivity index (χ2v) is 6.91. The van der Waals surface area contributed by atoms with E-state index in [1.807, 2.05) is 25.3 Å². The zero-order chi connectivity index (χ0) is 14.0. The van der Waals surface area contributed by atoms with Gasteiger partial charge in [-0.25, -0.2) is 0 Å². The normalized spacial score (nSPS) is 12.5. The summed E-state index contributed by atoms with van der Waals surface area (Å²) in [6.07, 6.45) is 0. The molecule has 2 heterocycles. The fourth-order valence-corrected chi connectivity index (χ4v) is 3.95. The molecule has 0 aliphatic carbocycles. The third kappa shape index (κ3) is 3.13. The van der Waals surface area contributed by atoms with Gasteiger partial charge in [-0.05, 0) is 24.4 Å². The molecule has 0 saturated carbocycles. The predicted molar refractivity (Wildman–Crippen MR) is 87.2 cm³/mol. The summed E-state index contributed by atoms with van der Waals surface area (Å²) in [5.41, 5.74) is 5.62. The molecule has 1 amide bonds. The number of hydrogen-bond donors (Lipinski definition) is 1. The molecule has 2 N–H and O–H groups in total. The number of nitrogens with two attached hydrogens (primary N) is 1. The molecule has 102 valence electrons. The van der Waals surface area contributed by atoms with Crippen LogP contribution in [0.3, 0.4) is 0 Å². The van der Waals surface area contributed by atoms with Crippen molar-refractivity contribution in [3.05, 3.63) is 22.4 Å². The smallest absolute Gasteiger partial charge is 0.264 e. The van der Waals surface area contributed by atoms with Crippen molar-refractivity contribution in [3.63, 3.8) is 0 Å². The van der Waals surface area contributed by atoms with Gasteiger partial charge in [-0.2, -0.15) is 0 Å². The zero-order valence-corrected chi connectivity index (χ0v) is 13.3. The number of carbonyl (C=O) groups excluding carboxylic acids is 1. The Balaban J connectivity index is 2.16. The van der Waals surface area contributed by atoms with Gasteiger partial charge in [0.15, 0.2) is 0 Å². The molecule has 0 bridgehead atoms. The summed E-state index contributed by atoms with van der Waals surface area (Å²) < 4.78 is 2.35. The first-order valence-electron chi connectivity index (χ1n) is 6.08. The van der Waals surface area contributed by atoms with Crippen molar-refractivity contribution < 1.29 is 4.79 Å². The monoisotopic (exact) mass is 312 g/mol. The van der Waals surface area contributed by atoms with Crippen molar-refractivity contribution in [2.75, 3.05) is 13.1 Å². The van der Waals surface area contributed by atoms with Gasteiger partial charge in [0.2, 0.25) is 0 Å². The maximum atomic E-state index is 12.5. The lowest BCUT2D eigenvalue weighted by atomic mass is 10.1. The maximum absolute atomic E-state index is 12.5. The van der Waals surface area contributed by atoms with Crippen molar-refractivity contribution in [2.45, 2.75) is 13.8 Å². The van der Waals surface area contributed by atoms with E-state index in [4.69, 9.17) is 18.0 Å². The van der Waals surface area contributed by atoms with E-state index in [9.17, 15) is 4.79 Å². The summed E-state index contributed by atoms with van der Waals surface area (Å²) in [6, 6.07) is 4.02. The molecule has 3 nitrogen and oxygen atoms in total. The van der Waals surface area contributed by atoms with Crippen molar-refractivity contribution in [1.82, 2.24) is 4.90 Å². The van der Waals surface area contributed by atoms with Crippen LogP contribution in [-0.4, -0.2) is 28.9 Å². The van der Waals surface area contributed by atoms with E-state index in [1.54, 1.807) is 27.6 Å². The molecule has 1 unspecified atom stereocenters. The molecular weight excluding hydrogens is 296 g/mol. The summed E-state index contributed by atoms with van der Waals surface area (Å²) in [6.45, 7) is 5.17. The number of carbonyl (C=O) groups is 1. The first-order valence-corrected chi connectivity index (χ1v) is 8.19. The van der Waals surface area contributed by atoms with Crippen molar-refractivity contribution in [3.8, 4) is 0 Å². The first-order chi connectivity index (χ1) is 9.02. The van der Waals surface area contributed by atoms with Crippen LogP contribution in [0.2, 0.25) is 0 Å². The van der Waals surface area contributed by atoms with Gasteiger partial charge in [-0.1, -0.05) is 19.1 Å². The lowest BCUT2D eigenvalue weighted by Gasteiger charge is -2.23. The minimum absolute atomic E-state index is 0.0416. The molecule has 0 fully saturated rings. The molecular formula is C13H16N2OS3. The van der Waals surface area contributed by atoms with Gasteiger partial charge < -0.3 is 10.6 Å². The number of fused-ring (bicyclic) bond motifs is 1. The average Bonchev–Trinajstić information content (AvgIpc) is 2.95. The minimum Gasteiger partial charge on any atom is -0.393 e. The van der Waals surface area contributed by atoms with Gasteiger partial charge in [-0.3, -0.25) is 4.79 Å². The van der Waals surface area contributed by atoms with Gasteiger partial charge >= 0.3 is 0 Å². The lowest BCUT2D eigenvalue weighted by molar-refractivity contribution is 0.0760. The van der Waals surface area contributed by atoms with Crippen LogP contribution in [0.15, 0.2) is 17.5 Å². The average molecular weight is 312 g/mol. The largest absolute Gasteiger partial charge is 0.393 e. The van der Waals surface area contributed by atoms with Crippen LogP contribution in [0.5, 0.6) is 0 Å². The Hall–Kier alpha value is -0.980. The molecule has 1 atom stereocenters. The van der Waals surface area contributed by atoms with Crippen molar-refractivity contribution >= 4 is 55.2 Å². The summed E-state index contributed by atoms with van der Waals surface area (Å²) in [7, 11) is 0. The Bertz CT molecular complexity index is 573. The van der Waals surface area contributed by atoms with E-state index in [0.29, 0.717) is 18.1 Å². The first kappa shape index (κ1) is 14.4. The molecule has 0 aliphatic rings. The van der Waals surface area contributed by atoms with Gasteiger partial charge in [0.25, 0.3) is 5.91 Å². The highest BCUT2D eigenvalue weighted by molar-refractivity contribution is 7.80. The molecule has 0 aliphatic heterocycles. The summed E-state index contributed by atoms with van der Waals surface area (Å²) >= 11 is 8.18. The number of hydrogen-bond acceptors (Lipinski definition) is 4. The summed E-state index contributed by atoms with van der Waals surface area (Å²) in [5.74, 6) is 0.110. The number of thiocarbonyl (C=S) groups is 1. The molecule has 19 heavy (non-hydrogen) atoms. The third-order valence-electron chi connectivity index (χ3n) is 3.00. The van der Waals surface area contributed by atoms with E-state index in [1.165, 1.54) is 9.40 Å². The van der Waals surface area contributed by atoms with Crippen LogP contribution in [0.25, 0.3) is 9.40 Å². The number of amides is 1. The van der Waals surface area contributed by atoms with Crippen LogP contribution in [0, 0.1) is 5.92 Å². The van der Waals surface area contributed by atoms with E-state index < -0.39 is 0 Å². The molecule has 0 aromatic carbocycles. The lowest BCUT2D eigenvalue weighted by Crippen LogP contribution is -2.37. The van der Waals surface area contributed by atoms with Crippen LogP contribution in [-0.2, 0) is 0 Å². The number of nitrogens with zero attached hydrogens (tertiary/aromatic N) is 1. The molecule has 0 radical (unpaired) electrons. The Morgan fingerprint density at radius 1 is 1.53 bits per heavy atom. The van der Waals surface area contributed by atoms with E-state index in [2.05, 4.69) is 6.07 Å². The number of thiophene rings is 2. The minimum atomic E-state index is 0.0416. The molecule has 2 aromatic rings. The second-order valence-electron chi connectivity index (χ2n) is 4.41. The fourth-order valence-electron chi connectivity index (χ4n) is 1.80. The molecule has 2 aromatic heterocycles. The topological polar surface area (TPSA) is 46.3 Å². The highest BCUT2D eigenvalue weighted by Crippen LogP contribution is 2.30. The van der Waals surface area contributed by atoms with Gasteiger partial charge in [-0.15, -0.1) is 22.7 Å². The van der Waals surface area contributed by atoms with Crippen LogP contribution in [0.1, 0.15) is 23.5 Å². The van der Waals surface area contributed by atoms with Gasteiger partial charge in [0, 0.05) is 28.4 Å². The second kappa shape index (κ2) is 5.98. The summed E-state index contributed by atoms with van der Waals surface area (Å²) in [4.78, 5) is 15.5. The van der Waals surface area contributed by atoms with Crippen molar-refractivity contribution in [2.24, 2.45) is 11.7 Å². The SMILES string of the molecule is CCN(CC(C)C(N)=S)C(=O)c1cc2sccc2s1. The van der Waals surface area contributed by atoms with Gasteiger partial charge in [0.1, 0.15) is 0 Å². The molecule has 2 rings (SSSR count). The Morgan fingerprint density at radius 2 is 2.26 bits per heavy atom. The Kier molecular flexibility index (Phi) is 4.54. The fraction of sp³-hybridized carbons (Fsp3) is 0.385. The molecule has 6 heteroatoms. The zero-order valence-electron chi connectivity index (χ0n) is 10.9. The molecule has 0 spiro atoms. The van der Waals surface area contributed by atoms with E-state index >= 15 is 0 Å². The van der Waals surface area contributed by atoms with E-state index in [0.717, 1.165) is 4.88 Å². The number of rotatable bonds is 5. The highest BCUT2D eigenvalue weighted by Gasteiger charge is 2.20. The summed E-state index contributed by atoms with van der Waals surface area (Å²) in [5, 5.41) is 2.04. The Labute approximate surface area is 126 Å². The standard InChI is InChI=1S/C13H16N2OS3/c1-3-15(7-8(2)12(14)17)13(16)11-6-10-9(19-11)4-5-18-10/h4-6,8H,3,7H2,1-2H3,(H2,14,17). The third-order valence-corrected chi connectivity index (χ3v) is 5.48. The van der Waals surface area contributed by atoms with Gasteiger partial charge in [0.05, 0.1) is 9.87 Å². The van der Waals surface area contributed by atoms with E-state index in [-0.39, 0.29) is 11.8 Å².